The SMILES string of the molecule is CC(C)(C)c1ccc(C(Oc2ccc(Br)cc2-n2nc3ccccc3n2)C(=O)O)cc1.CC(C)(C)c1ccc(C(Oc2ccc(Br)cc2-n2nc3ccccc3n2)C(=O)O)cc1.CC(C)(C)c1ccc(C(Oc2ccc(Br)cc2-n2nc3ccccc3n2)C(=O)O)cc1. The van der Waals surface area contributed by atoms with E-state index in [2.05, 4.69) is 141 Å². The molecule has 0 fully saturated rings. The molecule has 21 heteroatoms. The summed E-state index contributed by atoms with van der Waals surface area (Å²) >= 11 is 10.4. The topological polar surface area (TPSA) is 232 Å². The molecule has 0 bridgehead atoms. The summed E-state index contributed by atoms with van der Waals surface area (Å²) in [5, 5.41) is 56.7. The lowest BCUT2D eigenvalue weighted by Gasteiger charge is -2.21. The molecule has 0 saturated carbocycles. The lowest BCUT2D eigenvalue weighted by atomic mass is 9.86. The Morgan fingerprint density at radius 3 is 0.720 bits per heavy atom. The monoisotopic (exact) mass is 1440 g/mol. The van der Waals surface area contributed by atoms with E-state index in [4.69, 9.17) is 14.2 Å². The number of halogens is 3. The van der Waals surface area contributed by atoms with E-state index in [9.17, 15) is 29.7 Å². The number of aliphatic carboxylic acids is 3. The molecule has 3 N–H and O–H groups in total. The number of carbonyl (C=O) groups is 3. The van der Waals surface area contributed by atoms with E-state index < -0.39 is 36.2 Å². The molecule has 12 aromatic rings. The highest BCUT2D eigenvalue weighted by atomic mass is 79.9. The highest BCUT2D eigenvalue weighted by Crippen LogP contribution is 2.36. The fraction of sp³-hybridized carbons (Fsp3) is 0.208. The zero-order valence-electron chi connectivity index (χ0n) is 52.2. The Bertz CT molecular complexity index is 4100. The van der Waals surface area contributed by atoms with Crippen molar-refractivity contribution in [3.05, 3.63) is 247 Å². The molecule has 0 spiro atoms. The average molecular weight is 1440 g/mol. The van der Waals surface area contributed by atoms with Gasteiger partial charge in [0.25, 0.3) is 0 Å². The first kappa shape index (κ1) is 66.4. The minimum atomic E-state index is -1.17. The van der Waals surface area contributed by atoms with Gasteiger partial charge in [-0.1, -0.05) is 219 Å². The van der Waals surface area contributed by atoms with Gasteiger partial charge in [0.15, 0.2) is 0 Å². The van der Waals surface area contributed by atoms with Gasteiger partial charge < -0.3 is 29.5 Å². The third-order valence-electron chi connectivity index (χ3n) is 14.9. The van der Waals surface area contributed by atoms with Crippen LogP contribution in [0.25, 0.3) is 50.2 Å². The van der Waals surface area contributed by atoms with Crippen LogP contribution >= 0.6 is 47.8 Å². The summed E-state index contributed by atoms with van der Waals surface area (Å²) in [5.41, 5.74) is 11.0. The second-order valence-electron chi connectivity index (χ2n) is 24.9. The maximum Gasteiger partial charge on any atom is 0.349 e. The maximum atomic E-state index is 12.1. The van der Waals surface area contributed by atoms with E-state index in [0.29, 0.717) is 51.0 Å². The highest BCUT2D eigenvalue weighted by molar-refractivity contribution is 9.11. The fourth-order valence-corrected chi connectivity index (χ4v) is 10.8. The molecule has 0 saturated heterocycles. The van der Waals surface area contributed by atoms with E-state index in [0.717, 1.165) is 63.2 Å². The van der Waals surface area contributed by atoms with E-state index >= 15 is 0 Å². The van der Waals surface area contributed by atoms with Crippen molar-refractivity contribution in [1.82, 2.24) is 45.0 Å². The van der Waals surface area contributed by atoms with Crippen molar-refractivity contribution < 1.29 is 43.9 Å². The molecular formula is C72H66Br3N9O9. The molecule has 0 radical (unpaired) electrons. The van der Waals surface area contributed by atoms with Gasteiger partial charge in [-0.25, -0.2) is 14.4 Å². The molecule has 0 aliphatic carbocycles. The number of carboxylic acid groups (broad SMARTS) is 3. The zero-order valence-corrected chi connectivity index (χ0v) is 57.0. The standard InChI is InChI=1S/3C24H22BrN3O3/c3*1-24(2,3)16-10-8-15(9-11-16)22(23(29)30)31-21-13-12-17(25)14-20(21)28-26-18-6-4-5-7-19(18)27-28/h3*4-14,22H,1-3H3,(H,29,30). The summed E-state index contributed by atoms with van der Waals surface area (Å²) in [6.45, 7) is 19.0. The molecule has 0 aliphatic heterocycles. The summed E-state index contributed by atoms with van der Waals surface area (Å²) in [7, 11) is 0. The Hall–Kier alpha value is -9.57. The Labute approximate surface area is 562 Å². The van der Waals surface area contributed by atoms with Crippen LogP contribution in [0.1, 0.15) is 114 Å². The molecule has 3 atom stereocenters. The molecule has 3 aromatic heterocycles. The maximum absolute atomic E-state index is 12.1. The molecule has 0 amide bonds. The summed E-state index contributed by atoms with van der Waals surface area (Å²) < 4.78 is 20.4. The predicted molar refractivity (Wildman–Crippen MR) is 368 cm³/mol. The summed E-state index contributed by atoms with van der Waals surface area (Å²) in [6.07, 6.45) is -3.50. The van der Waals surface area contributed by atoms with Gasteiger partial charge in [-0.3, -0.25) is 0 Å². The van der Waals surface area contributed by atoms with Crippen LogP contribution in [0, 0.1) is 0 Å². The Morgan fingerprint density at radius 1 is 0.333 bits per heavy atom. The molecular weight excluding hydrogens is 1370 g/mol. The Kier molecular flexibility index (Phi) is 19.8. The first-order valence-electron chi connectivity index (χ1n) is 29.5. The minimum Gasteiger partial charge on any atom is -0.478 e. The molecule has 12 rings (SSSR count). The van der Waals surface area contributed by atoms with Crippen molar-refractivity contribution in [2.75, 3.05) is 0 Å². The number of rotatable bonds is 15. The Balaban J connectivity index is 0.000000153. The van der Waals surface area contributed by atoms with Gasteiger partial charge in [0.2, 0.25) is 18.3 Å². The van der Waals surface area contributed by atoms with Crippen LogP contribution in [-0.4, -0.2) is 78.2 Å². The summed E-state index contributed by atoms with van der Waals surface area (Å²) in [4.78, 5) is 40.6. The molecule has 0 aliphatic rings. The van der Waals surface area contributed by atoms with Crippen LogP contribution in [-0.2, 0) is 30.6 Å². The Morgan fingerprint density at radius 2 is 0.538 bits per heavy atom. The normalized spacial score (nSPS) is 12.6. The van der Waals surface area contributed by atoms with Gasteiger partial charge in [-0.15, -0.1) is 45.0 Å². The van der Waals surface area contributed by atoms with Crippen molar-refractivity contribution >= 4 is 98.8 Å². The zero-order chi connectivity index (χ0) is 66.5. The first-order valence-corrected chi connectivity index (χ1v) is 31.9. The minimum absolute atomic E-state index is 0.0231. The van der Waals surface area contributed by atoms with Crippen molar-refractivity contribution in [3.63, 3.8) is 0 Å². The van der Waals surface area contributed by atoms with Crippen LogP contribution in [0.4, 0.5) is 0 Å². The number of carboxylic acids is 3. The second kappa shape index (κ2) is 27.7. The van der Waals surface area contributed by atoms with Crippen molar-refractivity contribution in [3.8, 4) is 34.3 Å². The average Bonchev–Trinajstić information content (AvgIpc) is 1.78. The van der Waals surface area contributed by atoms with Gasteiger partial charge in [-0.2, -0.15) is 0 Å². The number of hydrogen-bond donors (Lipinski definition) is 3. The quantitative estimate of drug-likeness (QED) is 0.0866. The van der Waals surface area contributed by atoms with E-state index in [1.165, 1.54) is 14.4 Å². The van der Waals surface area contributed by atoms with Gasteiger partial charge in [0.05, 0.1) is 0 Å². The van der Waals surface area contributed by atoms with Crippen molar-refractivity contribution in [2.24, 2.45) is 0 Å². The van der Waals surface area contributed by atoms with E-state index in [1.807, 2.05) is 109 Å². The molecule has 9 aromatic carbocycles. The highest BCUT2D eigenvalue weighted by Gasteiger charge is 2.29. The van der Waals surface area contributed by atoms with E-state index in [1.54, 1.807) is 91.0 Å². The third-order valence-corrected chi connectivity index (χ3v) is 16.4. The number of nitrogens with zero attached hydrogens (tertiary/aromatic N) is 9. The second-order valence-corrected chi connectivity index (χ2v) is 27.6. The van der Waals surface area contributed by atoms with Crippen molar-refractivity contribution in [1.29, 1.82) is 0 Å². The third kappa shape index (κ3) is 16.0. The summed E-state index contributed by atoms with van der Waals surface area (Å²) in [6, 6.07) is 61.0. The molecule has 3 unspecified atom stereocenters. The largest absolute Gasteiger partial charge is 0.478 e. The number of aromatic nitrogens is 9. The predicted octanol–water partition coefficient (Wildman–Crippen LogP) is 17.1. The van der Waals surface area contributed by atoms with Gasteiger partial charge >= 0.3 is 17.9 Å². The van der Waals surface area contributed by atoms with Crippen LogP contribution < -0.4 is 14.2 Å². The lowest BCUT2D eigenvalue weighted by Crippen LogP contribution is -2.20. The molecule has 93 heavy (non-hydrogen) atoms. The molecule has 3 heterocycles. The van der Waals surface area contributed by atoms with Gasteiger partial charge in [-0.05, 0) is 124 Å². The fourth-order valence-electron chi connectivity index (χ4n) is 9.78. The summed E-state index contributed by atoms with van der Waals surface area (Å²) in [5.74, 6) is -2.11. The van der Waals surface area contributed by atoms with Crippen LogP contribution in [0.3, 0.4) is 0 Å². The van der Waals surface area contributed by atoms with Gasteiger partial charge in [0, 0.05) is 30.1 Å². The number of benzene rings is 9. The van der Waals surface area contributed by atoms with Crippen LogP contribution in [0.2, 0.25) is 0 Å². The number of ether oxygens (including phenoxy) is 3. The van der Waals surface area contributed by atoms with Crippen molar-refractivity contribution in [2.45, 2.75) is 96.9 Å². The molecule has 474 valence electrons. The number of fused-ring (bicyclic) bond motifs is 3. The van der Waals surface area contributed by atoms with Crippen LogP contribution in [0.5, 0.6) is 17.2 Å². The van der Waals surface area contributed by atoms with Gasteiger partial charge in [0.1, 0.15) is 67.4 Å². The molecule has 18 nitrogen and oxygen atoms in total. The number of hydrogen-bond acceptors (Lipinski definition) is 12. The lowest BCUT2D eigenvalue weighted by molar-refractivity contribution is -0.146. The smallest absolute Gasteiger partial charge is 0.349 e. The first-order chi connectivity index (χ1) is 44.2. The van der Waals surface area contributed by atoms with Crippen LogP contribution in [0.15, 0.2) is 214 Å². The van der Waals surface area contributed by atoms with E-state index in [-0.39, 0.29) is 16.2 Å².